The number of ether oxygens (including phenoxy) is 1. The maximum absolute atomic E-state index is 12.7. The van der Waals surface area contributed by atoms with Crippen LogP contribution in [0.3, 0.4) is 0 Å². The Labute approximate surface area is 104 Å². The highest BCUT2D eigenvalue weighted by Gasteiger charge is 2.14. The highest BCUT2D eigenvalue weighted by Crippen LogP contribution is 2.07. The van der Waals surface area contributed by atoms with Gasteiger partial charge in [0, 0.05) is 0 Å². The lowest BCUT2D eigenvalue weighted by atomic mass is 10.5. The highest BCUT2D eigenvalue weighted by molar-refractivity contribution is 7.92. The van der Waals surface area contributed by atoms with Crippen LogP contribution in [0.15, 0.2) is 18.2 Å². The summed E-state index contributed by atoms with van der Waals surface area (Å²) in [4.78, 5) is 14.4. The third kappa shape index (κ3) is 5.09. The van der Waals surface area contributed by atoms with Gasteiger partial charge in [-0.2, -0.15) is 4.39 Å². The van der Waals surface area contributed by atoms with Crippen molar-refractivity contribution in [2.45, 2.75) is 13.3 Å². The van der Waals surface area contributed by atoms with E-state index in [0.29, 0.717) is 0 Å². The van der Waals surface area contributed by atoms with Crippen LogP contribution in [0.5, 0.6) is 0 Å². The summed E-state index contributed by atoms with van der Waals surface area (Å²) in [5.74, 6) is -1.96. The number of nitrogens with one attached hydrogen (secondary N) is 1. The van der Waals surface area contributed by atoms with Gasteiger partial charge < -0.3 is 4.74 Å². The lowest BCUT2D eigenvalue weighted by Crippen LogP contribution is -2.20. The normalized spacial score (nSPS) is 11.0. The fourth-order valence-corrected chi connectivity index (χ4v) is 2.10. The molecular formula is C10H13FN2O4S. The second-order valence-corrected chi connectivity index (χ2v) is 5.16. The molecule has 1 rings (SSSR count). The van der Waals surface area contributed by atoms with Crippen molar-refractivity contribution in [1.82, 2.24) is 4.98 Å². The summed E-state index contributed by atoms with van der Waals surface area (Å²) in [6, 6.07) is 3.73. The number of sulfonamides is 1. The predicted molar refractivity (Wildman–Crippen MR) is 62.9 cm³/mol. The van der Waals surface area contributed by atoms with E-state index in [2.05, 4.69) is 14.4 Å². The van der Waals surface area contributed by atoms with Gasteiger partial charge in [-0.05, 0) is 19.1 Å². The molecular weight excluding hydrogens is 263 g/mol. The van der Waals surface area contributed by atoms with E-state index >= 15 is 0 Å². The second kappa shape index (κ2) is 6.29. The van der Waals surface area contributed by atoms with Crippen LogP contribution in [0, 0.1) is 5.95 Å². The van der Waals surface area contributed by atoms with Gasteiger partial charge in [-0.25, -0.2) is 13.4 Å². The molecule has 0 spiro atoms. The van der Waals surface area contributed by atoms with Crippen molar-refractivity contribution >= 4 is 21.8 Å². The van der Waals surface area contributed by atoms with Gasteiger partial charge in [0.1, 0.15) is 5.82 Å². The van der Waals surface area contributed by atoms with Gasteiger partial charge in [0.2, 0.25) is 16.0 Å². The predicted octanol–water partition coefficient (Wildman–Crippen LogP) is 0.916. The van der Waals surface area contributed by atoms with Crippen LogP contribution in [0.2, 0.25) is 0 Å². The first-order valence-corrected chi connectivity index (χ1v) is 6.87. The maximum atomic E-state index is 12.7. The molecule has 1 aromatic heterocycles. The van der Waals surface area contributed by atoms with Crippen molar-refractivity contribution in [2.75, 3.05) is 17.1 Å². The molecule has 1 heterocycles. The van der Waals surface area contributed by atoms with Crippen molar-refractivity contribution in [3.8, 4) is 0 Å². The van der Waals surface area contributed by atoms with Crippen LogP contribution in [-0.2, 0) is 19.6 Å². The van der Waals surface area contributed by atoms with Gasteiger partial charge in [0.05, 0.1) is 18.8 Å². The Kier molecular flexibility index (Phi) is 5.02. The molecule has 0 amide bonds. The molecule has 8 heteroatoms. The molecule has 1 N–H and O–H groups in total. The number of carbonyl (C=O) groups excluding carboxylic acids is 1. The Balaban J connectivity index is 2.57. The summed E-state index contributed by atoms with van der Waals surface area (Å²) in [6.45, 7) is 1.82. The summed E-state index contributed by atoms with van der Waals surface area (Å²) >= 11 is 0. The first-order valence-electron chi connectivity index (χ1n) is 5.21. The molecule has 0 unspecified atom stereocenters. The minimum absolute atomic E-state index is 0.126. The first-order chi connectivity index (χ1) is 8.43. The largest absolute Gasteiger partial charge is 0.466 e. The summed E-state index contributed by atoms with van der Waals surface area (Å²) < 4.78 is 42.5. The molecule has 100 valence electrons. The molecule has 0 saturated heterocycles. The van der Waals surface area contributed by atoms with Crippen molar-refractivity contribution < 1.29 is 22.3 Å². The van der Waals surface area contributed by atoms with Gasteiger partial charge in [0.25, 0.3) is 0 Å². The number of aromatic nitrogens is 1. The Hall–Kier alpha value is -1.70. The number of carbonyl (C=O) groups is 1. The molecule has 0 bridgehead atoms. The lowest BCUT2D eigenvalue weighted by molar-refractivity contribution is -0.142. The fraction of sp³-hybridized carbons (Fsp3) is 0.400. The van der Waals surface area contributed by atoms with Gasteiger partial charge in [-0.1, -0.05) is 6.07 Å². The van der Waals surface area contributed by atoms with Crippen molar-refractivity contribution in [1.29, 1.82) is 0 Å². The van der Waals surface area contributed by atoms with E-state index in [1.54, 1.807) is 6.92 Å². The number of esters is 1. The van der Waals surface area contributed by atoms with Gasteiger partial charge in [-0.3, -0.25) is 9.52 Å². The van der Waals surface area contributed by atoms with E-state index in [4.69, 9.17) is 0 Å². The van der Waals surface area contributed by atoms with Crippen LogP contribution in [-0.4, -0.2) is 31.7 Å². The molecule has 0 atom stereocenters. The minimum atomic E-state index is -3.74. The fourth-order valence-electron chi connectivity index (χ4n) is 1.13. The van der Waals surface area contributed by atoms with E-state index in [1.807, 2.05) is 0 Å². The zero-order chi connectivity index (χ0) is 13.6. The average Bonchev–Trinajstić information content (AvgIpc) is 2.26. The van der Waals surface area contributed by atoms with E-state index in [-0.39, 0.29) is 18.8 Å². The number of halogens is 1. The lowest BCUT2D eigenvalue weighted by Gasteiger charge is -2.06. The van der Waals surface area contributed by atoms with E-state index < -0.39 is 27.7 Å². The van der Waals surface area contributed by atoms with Crippen LogP contribution < -0.4 is 4.72 Å². The zero-order valence-electron chi connectivity index (χ0n) is 9.72. The summed E-state index contributed by atoms with van der Waals surface area (Å²) in [7, 11) is -3.74. The van der Waals surface area contributed by atoms with Crippen LogP contribution in [0.1, 0.15) is 13.3 Å². The molecule has 0 aliphatic rings. The van der Waals surface area contributed by atoms with Crippen molar-refractivity contribution in [2.24, 2.45) is 0 Å². The van der Waals surface area contributed by atoms with Crippen molar-refractivity contribution in [3.63, 3.8) is 0 Å². The number of pyridine rings is 1. The van der Waals surface area contributed by atoms with Crippen molar-refractivity contribution in [3.05, 3.63) is 24.1 Å². The quantitative estimate of drug-likeness (QED) is 0.616. The first kappa shape index (κ1) is 14.4. The molecule has 0 radical (unpaired) electrons. The smallest absolute Gasteiger partial charge is 0.306 e. The van der Waals surface area contributed by atoms with E-state index in [1.165, 1.54) is 12.1 Å². The van der Waals surface area contributed by atoms with Crippen LogP contribution >= 0.6 is 0 Å². The maximum Gasteiger partial charge on any atom is 0.306 e. The molecule has 1 aromatic rings. The van der Waals surface area contributed by atoms with E-state index in [9.17, 15) is 17.6 Å². The van der Waals surface area contributed by atoms with Crippen LogP contribution in [0.25, 0.3) is 0 Å². The Morgan fingerprint density at radius 2 is 2.22 bits per heavy atom. The molecule has 0 saturated carbocycles. The number of hydrogen-bond acceptors (Lipinski definition) is 5. The molecule has 0 fully saturated rings. The number of hydrogen-bond donors (Lipinski definition) is 1. The summed E-state index contributed by atoms with van der Waals surface area (Å²) in [5, 5.41) is 0. The monoisotopic (exact) mass is 276 g/mol. The molecule has 6 nitrogen and oxygen atoms in total. The average molecular weight is 276 g/mol. The zero-order valence-corrected chi connectivity index (χ0v) is 10.5. The van der Waals surface area contributed by atoms with Crippen LogP contribution in [0.4, 0.5) is 10.2 Å². The minimum Gasteiger partial charge on any atom is -0.466 e. The standard InChI is InChI=1S/C10H13FN2O4S/c1-2-17-10(14)6-7-18(15,16)13-9-5-3-4-8(11)12-9/h3-5H,2,6-7H2,1H3,(H,12,13). The highest BCUT2D eigenvalue weighted by atomic mass is 32.2. The Morgan fingerprint density at radius 1 is 1.50 bits per heavy atom. The Bertz CT molecular complexity index is 518. The van der Waals surface area contributed by atoms with Gasteiger partial charge >= 0.3 is 5.97 Å². The summed E-state index contributed by atoms with van der Waals surface area (Å²) in [6.07, 6.45) is -0.265. The topological polar surface area (TPSA) is 85.4 Å². The van der Waals surface area contributed by atoms with E-state index in [0.717, 1.165) is 6.07 Å². The molecule has 0 aromatic carbocycles. The SMILES string of the molecule is CCOC(=O)CCS(=O)(=O)Nc1cccc(F)n1. The summed E-state index contributed by atoms with van der Waals surface area (Å²) in [5.41, 5.74) is 0. The third-order valence-electron chi connectivity index (χ3n) is 1.86. The number of nitrogens with zero attached hydrogens (tertiary/aromatic N) is 1. The molecule has 0 aliphatic heterocycles. The second-order valence-electron chi connectivity index (χ2n) is 3.32. The molecule has 18 heavy (non-hydrogen) atoms. The van der Waals surface area contributed by atoms with Gasteiger partial charge in [0.15, 0.2) is 0 Å². The van der Waals surface area contributed by atoms with Gasteiger partial charge in [-0.15, -0.1) is 0 Å². The Morgan fingerprint density at radius 3 is 2.83 bits per heavy atom. The number of anilines is 1. The number of rotatable bonds is 6. The third-order valence-corrected chi connectivity index (χ3v) is 3.12. The molecule has 0 aliphatic carbocycles.